The number of carboxylic acid groups (broad SMARTS) is 1. The number of carboxylic acids is 1. The van der Waals surface area contributed by atoms with Crippen LogP contribution in [0.25, 0.3) is 0 Å². The maximum atomic E-state index is 12.6. The summed E-state index contributed by atoms with van der Waals surface area (Å²) in [5, 5.41) is 9.63. The monoisotopic (exact) mass is 388 g/mol. The number of nitrogens with zero attached hydrogens (tertiary/aromatic N) is 2. The summed E-state index contributed by atoms with van der Waals surface area (Å²) in [6, 6.07) is 2.81. The number of halogens is 3. The van der Waals surface area contributed by atoms with Crippen molar-refractivity contribution >= 4 is 51.6 Å². The van der Waals surface area contributed by atoms with Gasteiger partial charge in [-0.15, -0.1) is 12.4 Å². The smallest absolute Gasteiger partial charge is 0.323 e. The van der Waals surface area contributed by atoms with E-state index in [0.717, 1.165) is 4.31 Å². The van der Waals surface area contributed by atoms with Gasteiger partial charge in [0.25, 0.3) is 0 Å². The van der Waals surface area contributed by atoms with Crippen LogP contribution in [0.5, 0.6) is 0 Å². The van der Waals surface area contributed by atoms with Gasteiger partial charge in [0.2, 0.25) is 10.0 Å². The quantitative estimate of drug-likeness (QED) is 0.853. The van der Waals surface area contributed by atoms with E-state index in [1.54, 1.807) is 11.9 Å². The van der Waals surface area contributed by atoms with Crippen molar-refractivity contribution in [3.05, 3.63) is 28.2 Å². The van der Waals surface area contributed by atoms with Crippen molar-refractivity contribution < 1.29 is 18.3 Å². The third kappa shape index (κ3) is 4.04. The first-order valence-corrected chi connectivity index (χ1v) is 8.30. The van der Waals surface area contributed by atoms with Crippen LogP contribution in [-0.2, 0) is 14.8 Å². The molecule has 1 aliphatic rings. The molecule has 1 N–H and O–H groups in total. The standard InChI is InChI=1S/C12H14Cl2N2O4S.ClH/c1-15-2-3-16(11(7-15)12(17)18)21(19,20)10-5-8(13)4-9(14)6-10;/h4-6,11H,2-3,7H2,1H3,(H,17,18);1H/t11-;/m0./s1. The zero-order valence-corrected chi connectivity index (χ0v) is 14.7. The molecule has 1 atom stereocenters. The summed E-state index contributed by atoms with van der Waals surface area (Å²) in [5.74, 6) is -1.18. The van der Waals surface area contributed by atoms with Gasteiger partial charge in [0.05, 0.1) is 4.90 Å². The number of aliphatic carboxylic acids is 1. The van der Waals surface area contributed by atoms with Gasteiger partial charge in [-0.05, 0) is 25.2 Å². The molecule has 6 nitrogen and oxygen atoms in total. The number of benzene rings is 1. The van der Waals surface area contributed by atoms with E-state index >= 15 is 0 Å². The van der Waals surface area contributed by atoms with Gasteiger partial charge in [-0.2, -0.15) is 4.31 Å². The fourth-order valence-electron chi connectivity index (χ4n) is 2.20. The molecule has 1 fully saturated rings. The molecule has 0 spiro atoms. The molecule has 0 radical (unpaired) electrons. The van der Waals surface area contributed by atoms with Gasteiger partial charge in [-0.3, -0.25) is 4.79 Å². The average molecular weight is 390 g/mol. The lowest BCUT2D eigenvalue weighted by atomic mass is 10.2. The van der Waals surface area contributed by atoms with Gasteiger partial charge in [0.15, 0.2) is 0 Å². The van der Waals surface area contributed by atoms with Crippen molar-refractivity contribution in [1.29, 1.82) is 0 Å². The highest BCUT2D eigenvalue weighted by molar-refractivity contribution is 7.89. The second-order valence-electron chi connectivity index (χ2n) is 4.84. The first-order valence-electron chi connectivity index (χ1n) is 6.11. The molecule has 1 heterocycles. The molecule has 0 amide bonds. The predicted molar refractivity (Wildman–Crippen MR) is 86.5 cm³/mol. The molecule has 0 unspecified atom stereocenters. The molecule has 1 aromatic rings. The topological polar surface area (TPSA) is 77.9 Å². The van der Waals surface area contributed by atoms with Crippen LogP contribution >= 0.6 is 35.6 Å². The maximum Gasteiger partial charge on any atom is 0.323 e. The van der Waals surface area contributed by atoms with E-state index in [0.29, 0.717) is 6.54 Å². The highest BCUT2D eigenvalue weighted by Gasteiger charge is 2.39. The molecule has 0 saturated carbocycles. The molecule has 0 aliphatic carbocycles. The number of piperazine rings is 1. The Hall–Kier alpha value is -0.570. The summed E-state index contributed by atoms with van der Waals surface area (Å²) in [5.41, 5.74) is 0. The van der Waals surface area contributed by atoms with Crippen molar-refractivity contribution in [3.63, 3.8) is 0 Å². The van der Waals surface area contributed by atoms with E-state index < -0.39 is 22.0 Å². The first-order chi connectivity index (χ1) is 9.71. The Morgan fingerprint density at radius 2 is 1.77 bits per heavy atom. The number of hydrogen-bond acceptors (Lipinski definition) is 4. The summed E-state index contributed by atoms with van der Waals surface area (Å²) in [6.07, 6.45) is 0. The second kappa shape index (κ2) is 7.33. The average Bonchev–Trinajstić information content (AvgIpc) is 2.37. The number of carbonyl (C=O) groups is 1. The van der Waals surface area contributed by atoms with Crippen LogP contribution in [0.1, 0.15) is 0 Å². The van der Waals surface area contributed by atoms with E-state index in [2.05, 4.69) is 0 Å². The fourth-order valence-corrected chi connectivity index (χ4v) is 4.50. The minimum absolute atomic E-state index is 0. The summed E-state index contributed by atoms with van der Waals surface area (Å²) < 4.78 is 26.3. The van der Waals surface area contributed by atoms with Crippen molar-refractivity contribution in [2.24, 2.45) is 0 Å². The largest absolute Gasteiger partial charge is 0.480 e. The Morgan fingerprint density at radius 3 is 2.27 bits per heavy atom. The first kappa shape index (κ1) is 19.5. The summed E-state index contributed by atoms with van der Waals surface area (Å²) >= 11 is 11.7. The number of hydrogen-bond donors (Lipinski definition) is 1. The van der Waals surface area contributed by atoms with E-state index in [1.807, 2.05) is 0 Å². The Morgan fingerprint density at radius 1 is 1.23 bits per heavy atom. The van der Waals surface area contributed by atoms with E-state index in [1.165, 1.54) is 18.2 Å². The molecule has 0 aromatic heterocycles. The fraction of sp³-hybridized carbons (Fsp3) is 0.417. The van der Waals surface area contributed by atoms with Gasteiger partial charge < -0.3 is 10.0 Å². The summed E-state index contributed by atoms with van der Waals surface area (Å²) in [6.45, 7) is 0.681. The Kier molecular flexibility index (Phi) is 6.49. The molecule has 2 rings (SSSR count). The van der Waals surface area contributed by atoms with E-state index in [9.17, 15) is 18.3 Å². The van der Waals surface area contributed by atoms with Gasteiger partial charge >= 0.3 is 5.97 Å². The van der Waals surface area contributed by atoms with Gasteiger partial charge in [-0.1, -0.05) is 23.2 Å². The molecule has 124 valence electrons. The van der Waals surface area contributed by atoms with Crippen LogP contribution in [0.2, 0.25) is 10.0 Å². The lowest BCUT2D eigenvalue weighted by Crippen LogP contribution is -2.57. The summed E-state index contributed by atoms with van der Waals surface area (Å²) in [4.78, 5) is 13.0. The minimum Gasteiger partial charge on any atom is -0.480 e. The molecule has 10 heteroatoms. The lowest BCUT2D eigenvalue weighted by Gasteiger charge is -2.36. The molecular formula is C12H15Cl3N2O4S. The number of likely N-dealkylation sites (N-methyl/N-ethyl adjacent to an activating group) is 1. The van der Waals surface area contributed by atoms with Crippen LogP contribution < -0.4 is 0 Å². The van der Waals surface area contributed by atoms with Crippen molar-refractivity contribution in [2.45, 2.75) is 10.9 Å². The van der Waals surface area contributed by atoms with Crippen LogP contribution in [0.3, 0.4) is 0 Å². The van der Waals surface area contributed by atoms with Crippen LogP contribution in [0, 0.1) is 0 Å². The normalized spacial score (nSPS) is 20.4. The third-order valence-corrected chi connectivity index (χ3v) is 5.58. The Balaban J connectivity index is 0.00000242. The van der Waals surface area contributed by atoms with Gasteiger partial charge in [0.1, 0.15) is 6.04 Å². The van der Waals surface area contributed by atoms with E-state index in [4.69, 9.17) is 23.2 Å². The van der Waals surface area contributed by atoms with Crippen molar-refractivity contribution in [1.82, 2.24) is 9.21 Å². The van der Waals surface area contributed by atoms with Crippen LogP contribution in [0.4, 0.5) is 0 Å². The number of rotatable bonds is 3. The van der Waals surface area contributed by atoms with Crippen LogP contribution in [0.15, 0.2) is 23.1 Å². The lowest BCUT2D eigenvalue weighted by molar-refractivity contribution is -0.143. The molecule has 1 aliphatic heterocycles. The SMILES string of the molecule is CN1CCN(S(=O)(=O)c2cc(Cl)cc(Cl)c2)[C@H](C(=O)O)C1.Cl. The Bertz CT molecular complexity index is 648. The van der Waals surface area contributed by atoms with Crippen molar-refractivity contribution in [3.8, 4) is 0 Å². The number of sulfonamides is 1. The zero-order chi connectivity index (χ0) is 15.8. The van der Waals surface area contributed by atoms with Crippen LogP contribution in [-0.4, -0.2) is 61.4 Å². The van der Waals surface area contributed by atoms with Gasteiger partial charge in [-0.25, -0.2) is 8.42 Å². The molecule has 0 bridgehead atoms. The molecule has 1 saturated heterocycles. The highest BCUT2D eigenvalue weighted by Crippen LogP contribution is 2.27. The molecule has 1 aromatic carbocycles. The second-order valence-corrected chi connectivity index (χ2v) is 7.60. The Labute approximate surface area is 145 Å². The maximum absolute atomic E-state index is 12.6. The molecule has 22 heavy (non-hydrogen) atoms. The molecular weight excluding hydrogens is 375 g/mol. The van der Waals surface area contributed by atoms with Gasteiger partial charge in [0, 0.05) is 29.7 Å². The van der Waals surface area contributed by atoms with Crippen molar-refractivity contribution in [2.75, 3.05) is 26.7 Å². The third-order valence-electron chi connectivity index (χ3n) is 3.26. The zero-order valence-electron chi connectivity index (χ0n) is 11.6. The predicted octanol–water partition coefficient (Wildman–Crippen LogP) is 1.80. The minimum atomic E-state index is -3.97. The summed E-state index contributed by atoms with van der Waals surface area (Å²) in [7, 11) is -2.22. The highest BCUT2D eigenvalue weighted by atomic mass is 35.5. The van der Waals surface area contributed by atoms with E-state index in [-0.39, 0.29) is 40.4 Å².